The number of ketones is 1. The number of nitrogens with one attached hydrogen (secondary N) is 1. The van der Waals surface area contributed by atoms with Crippen molar-refractivity contribution >= 4 is 11.7 Å². The van der Waals surface area contributed by atoms with Gasteiger partial charge in [0.05, 0.1) is 17.5 Å². The van der Waals surface area contributed by atoms with E-state index in [-0.39, 0.29) is 17.5 Å². The second kappa shape index (κ2) is 6.47. The monoisotopic (exact) mass is 337 g/mol. The normalized spacial score (nSPS) is 16.5. The number of fused-ring (bicyclic) bond motifs is 1. The van der Waals surface area contributed by atoms with Gasteiger partial charge in [-0.3, -0.25) is 4.79 Å². The van der Waals surface area contributed by atoms with Crippen LogP contribution in [-0.2, 0) is 13.0 Å². The maximum atomic E-state index is 12.9. The topological polar surface area (TPSA) is 68.0 Å². The van der Waals surface area contributed by atoms with Gasteiger partial charge in [0.1, 0.15) is 11.6 Å². The van der Waals surface area contributed by atoms with Gasteiger partial charge in [-0.25, -0.2) is 14.4 Å². The van der Waals surface area contributed by atoms with E-state index in [9.17, 15) is 9.18 Å². The van der Waals surface area contributed by atoms with Gasteiger partial charge in [-0.2, -0.15) is 0 Å². The summed E-state index contributed by atoms with van der Waals surface area (Å²) in [6.07, 6.45) is 4.25. The third kappa shape index (κ3) is 3.28. The highest BCUT2D eigenvalue weighted by atomic mass is 19.1. The van der Waals surface area contributed by atoms with Crippen molar-refractivity contribution in [2.24, 2.45) is 0 Å². The number of rotatable bonds is 4. The predicted octanol–water partition coefficient (Wildman–Crippen LogP) is 3.73. The lowest BCUT2D eigenvalue weighted by Gasteiger charge is -2.21. The van der Waals surface area contributed by atoms with Gasteiger partial charge in [-0.1, -0.05) is 12.1 Å². The average molecular weight is 337 g/mol. The van der Waals surface area contributed by atoms with Crippen molar-refractivity contribution in [2.45, 2.75) is 25.3 Å². The largest absolute Gasteiger partial charge is 0.469 e. The van der Waals surface area contributed by atoms with Crippen LogP contribution in [0.5, 0.6) is 0 Å². The number of carbonyl (C=O) groups excluding carboxylic acids is 1. The van der Waals surface area contributed by atoms with Crippen molar-refractivity contribution in [3.8, 4) is 0 Å². The molecule has 5 nitrogen and oxygen atoms in total. The molecule has 2 aromatic heterocycles. The van der Waals surface area contributed by atoms with Crippen LogP contribution in [0.4, 0.5) is 10.3 Å². The standard InChI is InChI=1S/C19H16FN3O2/c20-14-5-3-12(4-6-14)10-21-19-22-11-15-16(23-19)8-13(9-17(15)24)18-2-1-7-25-18/h1-7,11,13H,8-10H2,(H,21,22,23)/t13-/m0/s1. The molecule has 25 heavy (non-hydrogen) atoms. The van der Waals surface area contributed by atoms with Crippen molar-refractivity contribution in [3.05, 3.63) is 77.3 Å². The Morgan fingerprint density at radius 2 is 2.04 bits per heavy atom. The molecule has 0 bridgehead atoms. The van der Waals surface area contributed by atoms with Crippen molar-refractivity contribution in [1.29, 1.82) is 0 Å². The predicted molar refractivity (Wildman–Crippen MR) is 89.9 cm³/mol. The highest BCUT2D eigenvalue weighted by Gasteiger charge is 2.29. The van der Waals surface area contributed by atoms with Gasteiger partial charge in [0.2, 0.25) is 5.95 Å². The first kappa shape index (κ1) is 15.5. The van der Waals surface area contributed by atoms with Crippen LogP contribution in [0.2, 0.25) is 0 Å². The van der Waals surface area contributed by atoms with Crippen LogP contribution in [0.25, 0.3) is 0 Å². The Labute approximate surface area is 143 Å². The number of Topliss-reactive ketones (excluding diaryl/α,β-unsaturated/α-hetero) is 1. The number of hydrogen-bond acceptors (Lipinski definition) is 5. The summed E-state index contributed by atoms with van der Waals surface area (Å²) < 4.78 is 18.4. The van der Waals surface area contributed by atoms with Gasteiger partial charge in [0, 0.05) is 31.5 Å². The van der Waals surface area contributed by atoms with E-state index in [1.807, 2.05) is 12.1 Å². The fourth-order valence-corrected chi connectivity index (χ4v) is 3.04. The molecular formula is C19H16FN3O2. The van der Waals surface area contributed by atoms with E-state index in [0.29, 0.717) is 30.9 Å². The van der Waals surface area contributed by atoms with Gasteiger partial charge in [-0.05, 0) is 29.8 Å². The van der Waals surface area contributed by atoms with Crippen LogP contribution in [0.15, 0.2) is 53.3 Å². The molecule has 1 aliphatic carbocycles. The average Bonchev–Trinajstić information content (AvgIpc) is 3.15. The first-order chi connectivity index (χ1) is 12.2. The van der Waals surface area contributed by atoms with Crippen LogP contribution in [-0.4, -0.2) is 15.8 Å². The summed E-state index contributed by atoms with van der Waals surface area (Å²) in [5, 5.41) is 3.12. The van der Waals surface area contributed by atoms with E-state index in [0.717, 1.165) is 17.0 Å². The van der Waals surface area contributed by atoms with E-state index in [1.54, 1.807) is 24.6 Å². The fourth-order valence-electron chi connectivity index (χ4n) is 3.04. The second-order valence-corrected chi connectivity index (χ2v) is 6.08. The maximum absolute atomic E-state index is 12.9. The molecule has 2 heterocycles. The Balaban J connectivity index is 1.52. The smallest absolute Gasteiger partial charge is 0.223 e. The molecule has 0 fully saturated rings. The first-order valence-corrected chi connectivity index (χ1v) is 8.10. The number of hydrogen-bond donors (Lipinski definition) is 1. The quantitative estimate of drug-likeness (QED) is 0.785. The van der Waals surface area contributed by atoms with Crippen LogP contribution in [0.1, 0.15) is 39.7 Å². The molecule has 0 spiro atoms. The lowest BCUT2D eigenvalue weighted by molar-refractivity contribution is 0.0958. The van der Waals surface area contributed by atoms with E-state index in [1.165, 1.54) is 12.1 Å². The molecule has 126 valence electrons. The van der Waals surface area contributed by atoms with E-state index in [2.05, 4.69) is 15.3 Å². The van der Waals surface area contributed by atoms with Gasteiger partial charge in [0.25, 0.3) is 0 Å². The molecule has 0 unspecified atom stereocenters. The first-order valence-electron chi connectivity index (χ1n) is 8.10. The van der Waals surface area contributed by atoms with E-state index < -0.39 is 0 Å². The van der Waals surface area contributed by atoms with Crippen LogP contribution >= 0.6 is 0 Å². The Morgan fingerprint density at radius 3 is 2.80 bits per heavy atom. The molecule has 1 aliphatic rings. The zero-order valence-corrected chi connectivity index (χ0v) is 13.4. The minimum absolute atomic E-state index is 0.00912. The zero-order chi connectivity index (χ0) is 17.2. The summed E-state index contributed by atoms with van der Waals surface area (Å²) in [4.78, 5) is 21.1. The van der Waals surface area contributed by atoms with E-state index >= 15 is 0 Å². The maximum Gasteiger partial charge on any atom is 0.223 e. The lowest BCUT2D eigenvalue weighted by atomic mass is 9.85. The van der Waals surface area contributed by atoms with Crippen molar-refractivity contribution in [1.82, 2.24) is 9.97 Å². The van der Waals surface area contributed by atoms with Crippen LogP contribution < -0.4 is 5.32 Å². The molecule has 4 rings (SSSR count). The summed E-state index contributed by atoms with van der Waals surface area (Å²) in [6.45, 7) is 0.481. The number of halogens is 1. The van der Waals surface area contributed by atoms with Crippen LogP contribution in [0.3, 0.4) is 0 Å². The minimum Gasteiger partial charge on any atom is -0.469 e. The van der Waals surface area contributed by atoms with Crippen molar-refractivity contribution < 1.29 is 13.6 Å². The number of benzene rings is 1. The Kier molecular flexibility index (Phi) is 4.01. The third-order valence-electron chi connectivity index (χ3n) is 4.35. The molecule has 0 saturated heterocycles. The molecule has 0 saturated carbocycles. The molecule has 0 amide bonds. The lowest BCUT2D eigenvalue weighted by Crippen LogP contribution is -2.21. The fraction of sp³-hybridized carbons (Fsp3) is 0.211. The minimum atomic E-state index is -0.267. The summed E-state index contributed by atoms with van der Waals surface area (Å²) in [5.74, 6) is 1.04. The summed E-state index contributed by atoms with van der Waals surface area (Å²) in [7, 11) is 0. The molecule has 6 heteroatoms. The molecule has 1 aromatic carbocycles. The number of anilines is 1. The van der Waals surface area contributed by atoms with Crippen molar-refractivity contribution in [3.63, 3.8) is 0 Å². The SMILES string of the molecule is O=C1C[C@@H](c2ccco2)Cc2nc(NCc3ccc(F)cc3)ncc21. The Hall–Kier alpha value is -3.02. The zero-order valence-electron chi connectivity index (χ0n) is 13.4. The second-order valence-electron chi connectivity index (χ2n) is 6.08. The molecule has 0 radical (unpaired) electrons. The Bertz CT molecular complexity index is 892. The molecule has 1 N–H and O–H groups in total. The van der Waals surface area contributed by atoms with Gasteiger partial charge in [-0.15, -0.1) is 0 Å². The number of carbonyl (C=O) groups is 1. The summed E-state index contributed by atoms with van der Waals surface area (Å²) in [6, 6.07) is 9.95. The van der Waals surface area contributed by atoms with Crippen molar-refractivity contribution in [2.75, 3.05) is 5.32 Å². The highest BCUT2D eigenvalue weighted by molar-refractivity contribution is 5.98. The molecule has 3 aromatic rings. The summed E-state index contributed by atoms with van der Waals surface area (Å²) in [5.41, 5.74) is 2.23. The third-order valence-corrected chi connectivity index (χ3v) is 4.35. The molecule has 0 aliphatic heterocycles. The van der Waals surface area contributed by atoms with E-state index in [4.69, 9.17) is 4.42 Å². The molecular weight excluding hydrogens is 321 g/mol. The number of nitrogens with zero attached hydrogens (tertiary/aromatic N) is 2. The Morgan fingerprint density at radius 1 is 1.20 bits per heavy atom. The number of aromatic nitrogens is 2. The van der Waals surface area contributed by atoms with Gasteiger partial charge >= 0.3 is 0 Å². The molecule has 1 atom stereocenters. The van der Waals surface area contributed by atoms with Gasteiger partial charge in [0.15, 0.2) is 5.78 Å². The highest BCUT2D eigenvalue weighted by Crippen LogP contribution is 2.32. The van der Waals surface area contributed by atoms with Crippen LogP contribution in [0, 0.1) is 5.82 Å². The summed E-state index contributed by atoms with van der Waals surface area (Å²) >= 11 is 0. The van der Waals surface area contributed by atoms with Gasteiger partial charge < -0.3 is 9.73 Å². The number of furan rings is 1.